The Hall–Kier alpha value is -0.910. The van der Waals surface area contributed by atoms with Crippen LogP contribution in [0.25, 0.3) is 0 Å². The molecule has 0 unspecified atom stereocenters. The number of carbonyl (C=O) groups excluding carboxylic acids is 1. The third kappa shape index (κ3) is 3.35. The number of rotatable bonds is 3. The maximum Gasteiger partial charge on any atom is 0.338 e. The zero-order valence-corrected chi connectivity index (χ0v) is 12.8. The summed E-state index contributed by atoms with van der Waals surface area (Å²) in [5.41, 5.74) is 0.895. The van der Waals surface area contributed by atoms with Gasteiger partial charge < -0.3 is 14.2 Å². The molecule has 0 aliphatic carbocycles. The van der Waals surface area contributed by atoms with Gasteiger partial charge in [0, 0.05) is 4.47 Å². The molecular weight excluding hydrogens is 312 g/mol. The molecule has 0 amide bonds. The third-order valence-corrected chi connectivity index (χ3v) is 3.34. The molecular formula is C14H17BrO4. The van der Waals surface area contributed by atoms with Crippen molar-refractivity contribution in [2.24, 2.45) is 0 Å². The Kier molecular flexibility index (Phi) is 4.28. The number of halogens is 1. The molecule has 1 saturated heterocycles. The van der Waals surface area contributed by atoms with E-state index in [1.54, 1.807) is 20.8 Å². The molecule has 19 heavy (non-hydrogen) atoms. The first kappa shape index (κ1) is 14.5. The summed E-state index contributed by atoms with van der Waals surface area (Å²) < 4.78 is 17.5. The Bertz CT molecular complexity index is 455. The van der Waals surface area contributed by atoms with E-state index >= 15 is 0 Å². The minimum absolute atomic E-state index is 0.326. The molecule has 1 aliphatic heterocycles. The quantitative estimate of drug-likeness (QED) is 0.799. The van der Waals surface area contributed by atoms with Gasteiger partial charge in [0.05, 0.1) is 6.61 Å². The van der Waals surface area contributed by atoms with Crippen molar-refractivity contribution < 1.29 is 19.0 Å². The van der Waals surface area contributed by atoms with E-state index in [-0.39, 0.29) is 5.97 Å². The van der Waals surface area contributed by atoms with Crippen molar-refractivity contribution in [1.29, 1.82) is 0 Å². The molecule has 5 heteroatoms. The number of benzene rings is 1. The van der Waals surface area contributed by atoms with Gasteiger partial charge in [-0.3, -0.25) is 0 Å². The van der Waals surface area contributed by atoms with E-state index in [1.807, 2.05) is 24.3 Å². The molecule has 0 saturated carbocycles. The van der Waals surface area contributed by atoms with Crippen LogP contribution in [0.1, 0.15) is 32.4 Å². The van der Waals surface area contributed by atoms with Crippen LogP contribution in [-0.4, -0.2) is 24.5 Å². The Balaban J connectivity index is 2.25. The van der Waals surface area contributed by atoms with Gasteiger partial charge in [-0.05, 0) is 38.5 Å². The number of hydrogen-bond acceptors (Lipinski definition) is 4. The highest BCUT2D eigenvalue weighted by atomic mass is 79.9. The second-order valence-corrected chi connectivity index (χ2v) is 5.70. The summed E-state index contributed by atoms with van der Waals surface area (Å²) >= 11 is 3.38. The smallest absolute Gasteiger partial charge is 0.338 e. The Morgan fingerprint density at radius 3 is 2.53 bits per heavy atom. The summed E-state index contributed by atoms with van der Waals surface area (Å²) in [5.74, 6) is -1.18. The summed E-state index contributed by atoms with van der Waals surface area (Å²) in [7, 11) is 0. The third-order valence-electron chi connectivity index (χ3n) is 2.81. The molecule has 104 valence electrons. The molecule has 1 aromatic carbocycles. The Labute approximate surface area is 121 Å². The van der Waals surface area contributed by atoms with E-state index in [9.17, 15) is 4.79 Å². The van der Waals surface area contributed by atoms with E-state index in [0.29, 0.717) is 6.61 Å². The summed E-state index contributed by atoms with van der Waals surface area (Å²) in [6, 6.07) is 7.63. The van der Waals surface area contributed by atoms with Crippen LogP contribution in [0.3, 0.4) is 0 Å². The number of hydrogen-bond donors (Lipinski definition) is 0. The van der Waals surface area contributed by atoms with Crippen molar-refractivity contribution in [2.75, 3.05) is 6.61 Å². The van der Waals surface area contributed by atoms with Crippen molar-refractivity contribution in [2.45, 2.75) is 38.8 Å². The molecule has 0 spiro atoms. The SMILES string of the molecule is CCOC(=O)[C@H]1OC(C)(C)O[C@H]1c1ccc(Br)cc1. The van der Waals surface area contributed by atoms with E-state index in [2.05, 4.69) is 15.9 Å². The van der Waals surface area contributed by atoms with Crippen LogP contribution in [0.2, 0.25) is 0 Å². The maximum atomic E-state index is 11.9. The van der Waals surface area contributed by atoms with Gasteiger partial charge in [-0.25, -0.2) is 4.79 Å². The zero-order chi connectivity index (χ0) is 14.0. The van der Waals surface area contributed by atoms with Gasteiger partial charge >= 0.3 is 5.97 Å². The lowest BCUT2D eigenvalue weighted by Crippen LogP contribution is -2.29. The largest absolute Gasteiger partial charge is 0.464 e. The van der Waals surface area contributed by atoms with Gasteiger partial charge in [0.1, 0.15) is 6.10 Å². The Morgan fingerprint density at radius 2 is 1.95 bits per heavy atom. The van der Waals surface area contributed by atoms with Crippen molar-refractivity contribution in [3.05, 3.63) is 34.3 Å². The van der Waals surface area contributed by atoms with Gasteiger partial charge in [-0.2, -0.15) is 0 Å². The highest BCUT2D eigenvalue weighted by Crippen LogP contribution is 2.39. The van der Waals surface area contributed by atoms with E-state index < -0.39 is 18.0 Å². The average molecular weight is 329 g/mol. The predicted molar refractivity (Wildman–Crippen MR) is 73.6 cm³/mol. The predicted octanol–water partition coefficient (Wildman–Crippen LogP) is 3.20. The van der Waals surface area contributed by atoms with Crippen molar-refractivity contribution in [3.8, 4) is 0 Å². The lowest BCUT2D eigenvalue weighted by atomic mass is 10.0. The molecule has 1 heterocycles. The molecule has 1 fully saturated rings. The minimum Gasteiger partial charge on any atom is -0.464 e. The van der Waals surface area contributed by atoms with Crippen molar-refractivity contribution >= 4 is 21.9 Å². The summed E-state index contributed by atoms with van der Waals surface area (Å²) in [6.45, 7) is 5.68. The second-order valence-electron chi connectivity index (χ2n) is 4.78. The molecule has 0 bridgehead atoms. The second kappa shape index (κ2) is 5.61. The highest BCUT2D eigenvalue weighted by Gasteiger charge is 2.46. The number of ether oxygens (including phenoxy) is 3. The van der Waals surface area contributed by atoms with Crippen molar-refractivity contribution in [3.63, 3.8) is 0 Å². The first-order chi connectivity index (χ1) is 8.93. The summed E-state index contributed by atoms with van der Waals surface area (Å²) in [6.07, 6.45) is -1.17. The number of esters is 1. The fraction of sp³-hybridized carbons (Fsp3) is 0.500. The van der Waals surface area contributed by atoms with Gasteiger partial charge in [0.25, 0.3) is 0 Å². The fourth-order valence-corrected chi connectivity index (χ4v) is 2.32. The van der Waals surface area contributed by atoms with Crippen LogP contribution in [0.5, 0.6) is 0 Å². The summed E-state index contributed by atoms with van der Waals surface area (Å²) in [5, 5.41) is 0. The van der Waals surface area contributed by atoms with E-state index in [4.69, 9.17) is 14.2 Å². The van der Waals surface area contributed by atoms with E-state index in [1.165, 1.54) is 0 Å². The molecule has 0 N–H and O–H groups in total. The molecule has 1 aromatic rings. The molecule has 0 radical (unpaired) electrons. The van der Waals surface area contributed by atoms with Gasteiger partial charge in [0.15, 0.2) is 11.9 Å². The van der Waals surface area contributed by atoms with E-state index in [0.717, 1.165) is 10.0 Å². The Morgan fingerprint density at radius 1 is 1.32 bits per heavy atom. The zero-order valence-electron chi connectivity index (χ0n) is 11.2. The molecule has 0 aromatic heterocycles. The topological polar surface area (TPSA) is 44.8 Å². The maximum absolute atomic E-state index is 11.9. The van der Waals surface area contributed by atoms with Gasteiger partial charge in [-0.1, -0.05) is 28.1 Å². The fourth-order valence-electron chi connectivity index (χ4n) is 2.05. The molecule has 2 rings (SSSR count). The minimum atomic E-state index is -0.796. The lowest BCUT2D eigenvalue weighted by molar-refractivity contribution is -0.170. The molecule has 1 aliphatic rings. The standard InChI is InChI=1S/C14H17BrO4/c1-4-17-13(16)12-11(18-14(2,3)19-12)9-5-7-10(15)8-6-9/h5-8,11-12H,4H2,1-3H3/t11-,12-/m0/s1. The monoisotopic (exact) mass is 328 g/mol. The van der Waals surface area contributed by atoms with Crippen LogP contribution < -0.4 is 0 Å². The highest BCUT2D eigenvalue weighted by molar-refractivity contribution is 9.10. The normalized spacial score (nSPS) is 25.3. The molecule has 2 atom stereocenters. The van der Waals surface area contributed by atoms with Crippen LogP contribution in [0, 0.1) is 0 Å². The van der Waals surface area contributed by atoms with Gasteiger partial charge in [0.2, 0.25) is 0 Å². The van der Waals surface area contributed by atoms with Crippen LogP contribution in [0.4, 0.5) is 0 Å². The van der Waals surface area contributed by atoms with Crippen LogP contribution in [0.15, 0.2) is 28.7 Å². The summed E-state index contributed by atoms with van der Waals surface area (Å²) in [4.78, 5) is 11.9. The number of carbonyl (C=O) groups is 1. The van der Waals surface area contributed by atoms with Gasteiger partial charge in [-0.15, -0.1) is 0 Å². The lowest BCUT2D eigenvalue weighted by Gasteiger charge is -2.16. The first-order valence-corrected chi connectivity index (χ1v) is 7.00. The van der Waals surface area contributed by atoms with Crippen molar-refractivity contribution in [1.82, 2.24) is 0 Å². The van der Waals surface area contributed by atoms with Crippen LogP contribution in [-0.2, 0) is 19.0 Å². The average Bonchev–Trinajstić information content (AvgIpc) is 2.67. The molecule has 4 nitrogen and oxygen atoms in total. The van der Waals surface area contributed by atoms with Crippen LogP contribution >= 0.6 is 15.9 Å². The first-order valence-electron chi connectivity index (χ1n) is 6.20.